The van der Waals surface area contributed by atoms with E-state index in [0.717, 1.165) is 0 Å². The minimum absolute atomic E-state index is 0.120. The van der Waals surface area contributed by atoms with Crippen LogP contribution in [0.25, 0.3) is 0 Å². The maximum absolute atomic E-state index is 12.8. The van der Waals surface area contributed by atoms with E-state index in [4.69, 9.17) is 21.6 Å². The van der Waals surface area contributed by atoms with E-state index in [9.17, 15) is 9.18 Å². The molecule has 1 saturated heterocycles. The largest absolute Gasteiger partial charge is 0.487 e. The number of amides is 2. The third kappa shape index (κ3) is 3.58. The highest BCUT2D eigenvalue weighted by Gasteiger charge is 2.32. The van der Waals surface area contributed by atoms with Crippen LogP contribution in [0.5, 0.6) is 5.75 Å². The Balaban J connectivity index is 1.50. The predicted octanol–water partition coefficient (Wildman–Crippen LogP) is 3.65. The zero-order valence-electron chi connectivity index (χ0n) is 12.5. The first-order valence-corrected chi connectivity index (χ1v) is 7.61. The number of likely N-dealkylation sites (tertiary alicyclic amines) is 1. The minimum Gasteiger partial charge on any atom is -0.487 e. The van der Waals surface area contributed by atoms with Crippen LogP contribution in [-0.2, 0) is 0 Å². The Morgan fingerprint density at radius 3 is 2.62 bits per heavy atom. The molecule has 0 radical (unpaired) electrons. The molecule has 2 aromatic carbocycles. The average molecular weight is 346 g/mol. The van der Waals surface area contributed by atoms with Gasteiger partial charge >= 0.3 is 6.03 Å². The van der Waals surface area contributed by atoms with Gasteiger partial charge in [-0.05, 0) is 42.5 Å². The molecule has 2 aromatic rings. The predicted molar refractivity (Wildman–Crippen MR) is 87.6 cm³/mol. The van der Waals surface area contributed by atoms with Crippen LogP contribution in [0, 0.1) is 17.1 Å². The third-order valence-corrected chi connectivity index (χ3v) is 3.91. The van der Waals surface area contributed by atoms with E-state index < -0.39 is 0 Å². The van der Waals surface area contributed by atoms with Crippen molar-refractivity contribution in [1.29, 1.82) is 5.26 Å². The van der Waals surface area contributed by atoms with Crippen molar-refractivity contribution in [3.05, 3.63) is 58.9 Å². The fourth-order valence-corrected chi connectivity index (χ4v) is 2.49. The molecule has 3 rings (SSSR count). The van der Waals surface area contributed by atoms with Crippen LogP contribution in [0.4, 0.5) is 14.9 Å². The van der Waals surface area contributed by atoms with E-state index in [1.54, 1.807) is 29.2 Å². The van der Waals surface area contributed by atoms with E-state index in [0.29, 0.717) is 30.1 Å². The molecule has 0 aliphatic carbocycles. The van der Waals surface area contributed by atoms with Crippen LogP contribution in [0.15, 0.2) is 42.5 Å². The number of nitrogens with zero attached hydrogens (tertiary/aromatic N) is 2. The number of carbonyl (C=O) groups is 1. The molecular weight excluding hydrogens is 333 g/mol. The second kappa shape index (κ2) is 6.77. The molecule has 0 unspecified atom stereocenters. The second-order valence-electron chi connectivity index (χ2n) is 5.34. The van der Waals surface area contributed by atoms with E-state index in [2.05, 4.69) is 5.32 Å². The maximum atomic E-state index is 12.8. The number of urea groups is 1. The van der Waals surface area contributed by atoms with Gasteiger partial charge in [0.1, 0.15) is 23.7 Å². The number of carbonyl (C=O) groups excluding carboxylic acids is 1. The van der Waals surface area contributed by atoms with Crippen LogP contribution >= 0.6 is 11.6 Å². The van der Waals surface area contributed by atoms with Crippen molar-refractivity contribution >= 4 is 23.3 Å². The molecule has 24 heavy (non-hydrogen) atoms. The zero-order valence-corrected chi connectivity index (χ0v) is 13.3. The van der Waals surface area contributed by atoms with E-state index in [1.807, 2.05) is 6.07 Å². The van der Waals surface area contributed by atoms with Crippen LogP contribution in [0.1, 0.15) is 5.56 Å². The molecule has 1 N–H and O–H groups in total. The number of halogens is 2. The molecule has 0 aromatic heterocycles. The molecule has 0 spiro atoms. The summed E-state index contributed by atoms with van der Waals surface area (Å²) in [5.41, 5.74) is 0.873. The van der Waals surface area contributed by atoms with Crippen LogP contribution in [0.2, 0.25) is 5.02 Å². The highest BCUT2D eigenvalue weighted by molar-refractivity contribution is 6.32. The van der Waals surface area contributed by atoms with E-state index in [1.165, 1.54) is 18.2 Å². The van der Waals surface area contributed by atoms with Crippen molar-refractivity contribution in [1.82, 2.24) is 4.90 Å². The molecule has 1 heterocycles. The van der Waals surface area contributed by atoms with Gasteiger partial charge in [-0.15, -0.1) is 0 Å². The average Bonchev–Trinajstić information content (AvgIpc) is 2.52. The molecule has 0 bridgehead atoms. The number of hydrogen-bond acceptors (Lipinski definition) is 3. The first kappa shape index (κ1) is 16.1. The molecule has 1 fully saturated rings. The maximum Gasteiger partial charge on any atom is 0.322 e. The lowest BCUT2D eigenvalue weighted by Crippen LogP contribution is -2.57. The van der Waals surface area contributed by atoms with Gasteiger partial charge in [0.25, 0.3) is 0 Å². The quantitative estimate of drug-likeness (QED) is 0.923. The summed E-state index contributed by atoms with van der Waals surface area (Å²) in [6.07, 6.45) is -0.120. The third-order valence-electron chi connectivity index (χ3n) is 3.59. The fraction of sp³-hybridized carbons (Fsp3) is 0.176. The molecular formula is C17H13ClFN3O2. The monoisotopic (exact) mass is 345 g/mol. The van der Waals surface area contributed by atoms with Gasteiger partial charge in [0.05, 0.1) is 23.7 Å². The Labute approximate surface area is 143 Å². The highest BCUT2D eigenvalue weighted by atomic mass is 35.5. The van der Waals surface area contributed by atoms with Gasteiger partial charge in [-0.2, -0.15) is 5.26 Å². The lowest BCUT2D eigenvalue weighted by Gasteiger charge is -2.38. The second-order valence-corrected chi connectivity index (χ2v) is 5.74. The van der Waals surface area contributed by atoms with Crippen molar-refractivity contribution in [2.75, 3.05) is 18.4 Å². The molecule has 1 aliphatic rings. The summed E-state index contributed by atoms with van der Waals surface area (Å²) in [6, 6.07) is 12.1. The Morgan fingerprint density at radius 2 is 2.00 bits per heavy atom. The van der Waals surface area contributed by atoms with Gasteiger partial charge in [-0.25, -0.2) is 9.18 Å². The standard InChI is InChI=1S/C17H13ClFN3O2/c18-16-7-13(4-1-11(16)8-20)21-17(23)22-9-15(10-22)24-14-5-2-12(19)3-6-14/h1-7,15H,9-10H2,(H,21,23). The number of benzene rings is 2. The lowest BCUT2D eigenvalue weighted by atomic mass is 10.2. The molecule has 7 heteroatoms. The molecule has 1 aliphatic heterocycles. The van der Waals surface area contributed by atoms with Crippen molar-refractivity contribution < 1.29 is 13.9 Å². The zero-order chi connectivity index (χ0) is 17.1. The van der Waals surface area contributed by atoms with Gasteiger partial charge in [0, 0.05) is 5.69 Å². The fourth-order valence-electron chi connectivity index (χ4n) is 2.27. The summed E-state index contributed by atoms with van der Waals surface area (Å²) in [4.78, 5) is 13.7. The Hall–Kier alpha value is -2.78. The molecule has 122 valence electrons. The van der Waals surface area contributed by atoms with Crippen molar-refractivity contribution in [2.45, 2.75) is 6.10 Å². The summed E-state index contributed by atoms with van der Waals surface area (Å²) >= 11 is 5.93. The first-order chi connectivity index (χ1) is 11.5. The number of rotatable bonds is 3. The Morgan fingerprint density at radius 1 is 1.29 bits per heavy atom. The smallest absolute Gasteiger partial charge is 0.322 e. The summed E-state index contributed by atoms with van der Waals surface area (Å²) in [5.74, 6) is 0.248. The summed E-state index contributed by atoms with van der Waals surface area (Å²) < 4.78 is 18.5. The van der Waals surface area contributed by atoms with Crippen molar-refractivity contribution in [3.8, 4) is 11.8 Å². The SMILES string of the molecule is N#Cc1ccc(NC(=O)N2CC(Oc3ccc(F)cc3)C2)cc1Cl. The summed E-state index contributed by atoms with van der Waals surface area (Å²) in [6.45, 7) is 0.875. The summed E-state index contributed by atoms with van der Waals surface area (Å²) in [7, 11) is 0. The van der Waals surface area contributed by atoms with Crippen LogP contribution in [-0.4, -0.2) is 30.1 Å². The number of ether oxygens (including phenoxy) is 1. The number of nitrogens with one attached hydrogen (secondary N) is 1. The van der Waals surface area contributed by atoms with E-state index >= 15 is 0 Å². The van der Waals surface area contributed by atoms with Gasteiger partial charge in [-0.1, -0.05) is 11.6 Å². The summed E-state index contributed by atoms with van der Waals surface area (Å²) in [5, 5.41) is 11.8. The van der Waals surface area contributed by atoms with Crippen LogP contribution < -0.4 is 10.1 Å². The normalized spacial score (nSPS) is 13.8. The topological polar surface area (TPSA) is 65.4 Å². The van der Waals surface area contributed by atoms with E-state index in [-0.39, 0.29) is 23.0 Å². The Bertz CT molecular complexity index is 798. The first-order valence-electron chi connectivity index (χ1n) is 7.23. The molecule has 2 amide bonds. The van der Waals surface area contributed by atoms with Gasteiger partial charge < -0.3 is 15.0 Å². The highest BCUT2D eigenvalue weighted by Crippen LogP contribution is 2.22. The van der Waals surface area contributed by atoms with Crippen LogP contribution in [0.3, 0.4) is 0 Å². The van der Waals surface area contributed by atoms with Crippen molar-refractivity contribution in [2.24, 2.45) is 0 Å². The Kier molecular flexibility index (Phi) is 4.54. The lowest BCUT2D eigenvalue weighted by molar-refractivity contribution is 0.0492. The number of hydrogen-bond donors (Lipinski definition) is 1. The molecule has 0 saturated carbocycles. The number of anilines is 1. The molecule has 5 nitrogen and oxygen atoms in total. The van der Waals surface area contributed by atoms with Gasteiger partial charge in [-0.3, -0.25) is 0 Å². The van der Waals surface area contributed by atoms with Gasteiger partial charge in [0.15, 0.2) is 0 Å². The minimum atomic E-state index is -0.321. The van der Waals surface area contributed by atoms with Gasteiger partial charge in [0.2, 0.25) is 0 Å². The van der Waals surface area contributed by atoms with Crippen molar-refractivity contribution in [3.63, 3.8) is 0 Å². The number of nitriles is 1. The molecule has 0 atom stereocenters.